The third kappa shape index (κ3) is 3.17. The lowest BCUT2D eigenvalue weighted by molar-refractivity contribution is 0.204. The van der Waals surface area contributed by atoms with E-state index >= 15 is 0 Å². The monoisotopic (exact) mass is 237 g/mol. The van der Waals surface area contributed by atoms with Crippen molar-refractivity contribution in [1.82, 2.24) is 10.2 Å². The van der Waals surface area contributed by atoms with Crippen LogP contribution in [-0.2, 0) is 0 Å². The Morgan fingerprint density at radius 2 is 2.12 bits per heavy atom. The fourth-order valence-electron chi connectivity index (χ4n) is 2.18. The molecule has 1 atom stereocenters. The molecule has 0 aromatic heterocycles. The highest BCUT2D eigenvalue weighted by Crippen LogP contribution is 2.14. The summed E-state index contributed by atoms with van der Waals surface area (Å²) >= 11 is 0. The van der Waals surface area contributed by atoms with Gasteiger partial charge in [0.05, 0.1) is 0 Å². The zero-order valence-electron chi connectivity index (χ0n) is 10.5. The van der Waals surface area contributed by atoms with Crippen LogP contribution in [0.25, 0.3) is 0 Å². The summed E-state index contributed by atoms with van der Waals surface area (Å²) in [4.78, 5) is 4.55. The first-order valence-corrected chi connectivity index (χ1v) is 6.04. The Kier molecular flexibility index (Phi) is 3.97. The maximum absolute atomic E-state index is 12.8. The molecule has 0 bridgehead atoms. The normalized spacial score (nSPS) is 21.5. The summed E-state index contributed by atoms with van der Waals surface area (Å²) in [6, 6.07) is 7.18. The molecule has 0 saturated carbocycles. The Balaban J connectivity index is 1.95. The largest absolute Gasteiger partial charge is 0.373 e. The van der Waals surface area contributed by atoms with Gasteiger partial charge in [-0.25, -0.2) is 4.39 Å². The molecule has 3 nitrogen and oxygen atoms in total. The van der Waals surface area contributed by atoms with Crippen LogP contribution in [0.2, 0.25) is 0 Å². The maximum atomic E-state index is 12.8. The molecule has 0 spiro atoms. The van der Waals surface area contributed by atoms with Crippen LogP contribution in [0.4, 0.5) is 10.1 Å². The number of benzene rings is 1. The van der Waals surface area contributed by atoms with Gasteiger partial charge < -0.3 is 10.2 Å². The zero-order chi connectivity index (χ0) is 12.3. The summed E-state index contributed by atoms with van der Waals surface area (Å²) in [7, 11) is 4.21. The third-order valence-electron chi connectivity index (χ3n) is 3.40. The molecule has 0 aliphatic carbocycles. The fourth-order valence-corrected chi connectivity index (χ4v) is 2.18. The molecule has 1 N–H and O–H groups in total. The quantitative estimate of drug-likeness (QED) is 0.851. The van der Waals surface area contributed by atoms with Crippen molar-refractivity contribution < 1.29 is 4.39 Å². The van der Waals surface area contributed by atoms with Gasteiger partial charge in [0.15, 0.2) is 0 Å². The molecule has 0 amide bonds. The van der Waals surface area contributed by atoms with Crippen molar-refractivity contribution >= 4 is 5.69 Å². The van der Waals surface area contributed by atoms with Crippen LogP contribution in [0.5, 0.6) is 0 Å². The number of hydrogen-bond acceptors (Lipinski definition) is 3. The molecular formula is C13H20FN3. The Labute approximate surface area is 102 Å². The number of rotatable bonds is 3. The molecule has 1 aromatic rings. The average Bonchev–Trinajstić information content (AvgIpc) is 2.33. The summed E-state index contributed by atoms with van der Waals surface area (Å²) in [5.41, 5.74) is 1.06. The van der Waals surface area contributed by atoms with Crippen LogP contribution in [0, 0.1) is 5.82 Å². The van der Waals surface area contributed by atoms with Gasteiger partial charge in [0, 0.05) is 45.0 Å². The van der Waals surface area contributed by atoms with E-state index in [1.165, 1.54) is 12.1 Å². The molecule has 1 unspecified atom stereocenters. The molecule has 94 valence electrons. The molecule has 0 radical (unpaired) electrons. The minimum Gasteiger partial charge on any atom is -0.373 e. The lowest BCUT2D eigenvalue weighted by atomic mass is 10.2. The number of likely N-dealkylation sites (N-methyl/N-ethyl adjacent to an activating group) is 2. The van der Waals surface area contributed by atoms with E-state index < -0.39 is 0 Å². The van der Waals surface area contributed by atoms with Crippen molar-refractivity contribution in [1.29, 1.82) is 0 Å². The van der Waals surface area contributed by atoms with Gasteiger partial charge in [-0.1, -0.05) is 0 Å². The first kappa shape index (κ1) is 12.3. The number of nitrogens with one attached hydrogen (secondary N) is 1. The maximum Gasteiger partial charge on any atom is 0.123 e. The fraction of sp³-hybridized carbons (Fsp3) is 0.538. The number of anilines is 1. The topological polar surface area (TPSA) is 18.5 Å². The number of halogens is 1. The van der Waals surface area contributed by atoms with Gasteiger partial charge in [-0.05, 0) is 31.3 Å². The average molecular weight is 237 g/mol. The summed E-state index contributed by atoms with van der Waals surface area (Å²) in [5, 5.41) is 3.40. The summed E-state index contributed by atoms with van der Waals surface area (Å²) in [6.07, 6.45) is 0. The van der Waals surface area contributed by atoms with Crippen LogP contribution in [0.1, 0.15) is 0 Å². The third-order valence-corrected chi connectivity index (χ3v) is 3.40. The Hall–Kier alpha value is -1.13. The van der Waals surface area contributed by atoms with E-state index in [2.05, 4.69) is 29.2 Å². The lowest BCUT2D eigenvalue weighted by Gasteiger charge is -2.36. The molecule has 1 aliphatic rings. The minimum absolute atomic E-state index is 0.182. The van der Waals surface area contributed by atoms with E-state index in [0.717, 1.165) is 31.9 Å². The summed E-state index contributed by atoms with van der Waals surface area (Å²) in [6.45, 7) is 4.12. The summed E-state index contributed by atoms with van der Waals surface area (Å²) in [5.74, 6) is -0.182. The second-order valence-electron chi connectivity index (χ2n) is 4.70. The molecule has 2 rings (SSSR count). The number of hydrogen-bond donors (Lipinski definition) is 1. The first-order chi connectivity index (χ1) is 8.16. The van der Waals surface area contributed by atoms with E-state index in [4.69, 9.17) is 0 Å². The van der Waals surface area contributed by atoms with E-state index in [-0.39, 0.29) is 5.82 Å². The van der Waals surface area contributed by atoms with Crippen molar-refractivity contribution in [2.24, 2.45) is 0 Å². The molecule has 1 saturated heterocycles. The van der Waals surface area contributed by atoms with Crippen molar-refractivity contribution in [2.45, 2.75) is 6.04 Å². The standard InChI is InChI=1S/C13H20FN3/c1-16-8-7-15-9-13(16)10-17(2)12-5-3-11(14)4-6-12/h3-6,13,15H,7-10H2,1-2H3. The van der Waals surface area contributed by atoms with Gasteiger partial charge in [-0.2, -0.15) is 0 Å². The second kappa shape index (κ2) is 5.47. The van der Waals surface area contributed by atoms with Crippen LogP contribution in [0.15, 0.2) is 24.3 Å². The molecule has 1 fully saturated rings. The minimum atomic E-state index is -0.182. The van der Waals surface area contributed by atoms with Gasteiger partial charge in [-0.15, -0.1) is 0 Å². The van der Waals surface area contributed by atoms with E-state index in [1.807, 2.05) is 12.1 Å². The van der Waals surface area contributed by atoms with Crippen LogP contribution in [0.3, 0.4) is 0 Å². The molecular weight excluding hydrogens is 217 g/mol. The first-order valence-electron chi connectivity index (χ1n) is 6.04. The Bertz CT molecular complexity index is 352. The van der Waals surface area contributed by atoms with Gasteiger partial charge in [0.1, 0.15) is 5.82 Å². The predicted molar refractivity (Wildman–Crippen MR) is 69.0 cm³/mol. The molecule has 1 heterocycles. The molecule has 4 heteroatoms. The molecule has 17 heavy (non-hydrogen) atoms. The second-order valence-corrected chi connectivity index (χ2v) is 4.70. The van der Waals surface area contributed by atoms with Gasteiger partial charge in [-0.3, -0.25) is 4.90 Å². The van der Waals surface area contributed by atoms with Gasteiger partial charge in [0.2, 0.25) is 0 Å². The Morgan fingerprint density at radius 3 is 2.76 bits per heavy atom. The van der Waals surface area contributed by atoms with Crippen molar-refractivity contribution in [3.8, 4) is 0 Å². The highest BCUT2D eigenvalue weighted by atomic mass is 19.1. The molecule has 1 aliphatic heterocycles. The van der Waals surface area contributed by atoms with Crippen LogP contribution >= 0.6 is 0 Å². The van der Waals surface area contributed by atoms with Crippen LogP contribution < -0.4 is 10.2 Å². The van der Waals surface area contributed by atoms with E-state index in [9.17, 15) is 4.39 Å². The highest BCUT2D eigenvalue weighted by molar-refractivity contribution is 5.45. The van der Waals surface area contributed by atoms with Crippen molar-refractivity contribution in [2.75, 3.05) is 45.2 Å². The number of piperazine rings is 1. The predicted octanol–water partition coefficient (Wildman–Crippen LogP) is 1.17. The lowest BCUT2D eigenvalue weighted by Crippen LogP contribution is -2.53. The SMILES string of the molecule is CN(CC1CNCCN1C)c1ccc(F)cc1. The van der Waals surface area contributed by atoms with Crippen molar-refractivity contribution in [3.05, 3.63) is 30.1 Å². The zero-order valence-corrected chi connectivity index (χ0v) is 10.5. The van der Waals surface area contributed by atoms with Crippen LogP contribution in [-0.4, -0.2) is 51.2 Å². The highest BCUT2D eigenvalue weighted by Gasteiger charge is 2.19. The van der Waals surface area contributed by atoms with E-state index in [1.54, 1.807) is 0 Å². The van der Waals surface area contributed by atoms with Gasteiger partial charge in [0.25, 0.3) is 0 Å². The Morgan fingerprint density at radius 1 is 1.41 bits per heavy atom. The smallest absolute Gasteiger partial charge is 0.123 e. The molecule has 1 aromatic carbocycles. The summed E-state index contributed by atoms with van der Waals surface area (Å²) < 4.78 is 12.8. The van der Waals surface area contributed by atoms with Gasteiger partial charge >= 0.3 is 0 Å². The number of nitrogens with zero attached hydrogens (tertiary/aromatic N) is 2. The van der Waals surface area contributed by atoms with Crippen molar-refractivity contribution in [3.63, 3.8) is 0 Å². The van der Waals surface area contributed by atoms with E-state index in [0.29, 0.717) is 6.04 Å².